The molecule has 18 heavy (non-hydrogen) atoms. The van der Waals surface area contributed by atoms with Gasteiger partial charge in [0.1, 0.15) is 18.0 Å². The van der Waals surface area contributed by atoms with Crippen LogP contribution in [-0.4, -0.2) is 30.4 Å². The number of hydrogen-bond acceptors (Lipinski definition) is 3. The third-order valence-electron chi connectivity index (χ3n) is 3.23. The lowest BCUT2D eigenvalue weighted by molar-refractivity contribution is 0.0734. The van der Waals surface area contributed by atoms with E-state index < -0.39 is 6.10 Å². The van der Waals surface area contributed by atoms with Gasteiger partial charge in [0.15, 0.2) is 0 Å². The van der Waals surface area contributed by atoms with E-state index in [-0.39, 0.29) is 6.10 Å². The van der Waals surface area contributed by atoms with Crippen LogP contribution in [0.15, 0.2) is 40.9 Å². The number of hydrogen-bond donors (Lipinski definition) is 2. The SMILES string of the molecule is OC1CNCC1Oc1ccc2ccccc2c1Br. The van der Waals surface area contributed by atoms with Crippen molar-refractivity contribution in [3.05, 3.63) is 40.9 Å². The highest BCUT2D eigenvalue weighted by molar-refractivity contribution is 9.10. The van der Waals surface area contributed by atoms with Crippen molar-refractivity contribution in [2.45, 2.75) is 12.2 Å². The van der Waals surface area contributed by atoms with E-state index >= 15 is 0 Å². The fraction of sp³-hybridized carbons (Fsp3) is 0.286. The van der Waals surface area contributed by atoms with Gasteiger partial charge in [-0.05, 0) is 32.8 Å². The van der Waals surface area contributed by atoms with E-state index in [1.807, 2.05) is 24.3 Å². The molecule has 0 bridgehead atoms. The van der Waals surface area contributed by atoms with E-state index in [9.17, 15) is 5.11 Å². The second-order valence-electron chi connectivity index (χ2n) is 4.48. The molecule has 2 N–H and O–H groups in total. The van der Waals surface area contributed by atoms with Crippen LogP contribution in [0.25, 0.3) is 10.8 Å². The summed E-state index contributed by atoms with van der Waals surface area (Å²) < 4.78 is 6.81. The van der Waals surface area contributed by atoms with Crippen molar-refractivity contribution in [1.82, 2.24) is 5.32 Å². The summed E-state index contributed by atoms with van der Waals surface area (Å²) >= 11 is 3.58. The predicted molar refractivity (Wildman–Crippen MR) is 74.9 cm³/mol. The van der Waals surface area contributed by atoms with Gasteiger partial charge >= 0.3 is 0 Å². The molecule has 0 aromatic heterocycles. The normalized spacial score (nSPS) is 23.4. The number of rotatable bonds is 2. The molecule has 0 aliphatic carbocycles. The Kier molecular flexibility index (Phi) is 3.24. The number of β-amino-alcohol motifs (C(OH)–C–C–N with tert-alkyl or cyclic N) is 1. The molecular weight excluding hydrogens is 294 g/mol. The second kappa shape index (κ2) is 4.88. The summed E-state index contributed by atoms with van der Waals surface area (Å²) in [4.78, 5) is 0. The average molecular weight is 308 g/mol. The lowest BCUT2D eigenvalue weighted by Crippen LogP contribution is -2.29. The highest BCUT2D eigenvalue weighted by Crippen LogP contribution is 2.34. The van der Waals surface area contributed by atoms with E-state index in [4.69, 9.17) is 4.74 Å². The van der Waals surface area contributed by atoms with Crippen LogP contribution < -0.4 is 10.1 Å². The standard InChI is InChI=1S/C14H14BrNO2/c15-14-10-4-2-1-3-9(10)5-6-12(14)18-13-8-16-7-11(13)17/h1-6,11,13,16-17H,7-8H2. The summed E-state index contributed by atoms with van der Waals surface area (Å²) in [5, 5.41) is 15.1. The van der Waals surface area contributed by atoms with Crippen LogP contribution in [0, 0.1) is 0 Å². The Bertz CT molecular complexity index is 573. The molecule has 1 aliphatic rings. The first kappa shape index (κ1) is 12.0. The number of fused-ring (bicyclic) bond motifs is 1. The topological polar surface area (TPSA) is 41.5 Å². The molecule has 3 nitrogen and oxygen atoms in total. The molecule has 0 spiro atoms. The van der Waals surface area contributed by atoms with Crippen LogP contribution in [0.4, 0.5) is 0 Å². The van der Waals surface area contributed by atoms with Crippen molar-refractivity contribution < 1.29 is 9.84 Å². The minimum atomic E-state index is -0.441. The van der Waals surface area contributed by atoms with Gasteiger partial charge in [-0.1, -0.05) is 30.3 Å². The van der Waals surface area contributed by atoms with Gasteiger partial charge in [-0.25, -0.2) is 0 Å². The summed E-state index contributed by atoms with van der Waals surface area (Å²) in [6.07, 6.45) is -0.620. The molecule has 1 heterocycles. The zero-order chi connectivity index (χ0) is 12.5. The number of aliphatic hydroxyl groups is 1. The third kappa shape index (κ3) is 2.11. The molecule has 3 rings (SSSR count). The minimum Gasteiger partial charge on any atom is -0.485 e. The first-order chi connectivity index (χ1) is 8.75. The average Bonchev–Trinajstić information content (AvgIpc) is 2.79. The number of benzene rings is 2. The lowest BCUT2D eigenvalue weighted by Gasteiger charge is -2.18. The van der Waals surface area contributed by atoms with E-state index in [2.05, 4.69) is 33.4 Å². The second-order valence-corrected chi connectivity index (χ2v) is 5.27. The smallest absolute Gasteiger partial charge is 0.138 e. The first-order valence-electron chi connectivity index (χ1n) is 5.98. The van der Waals surface area contributed by atoms with Gasteiger partial charge in [-0.3, -0.25) is 0 Å². The van der Waals surface area contributed by atoms with E-state index in [1.54, 1.807) is 0 Å². The maximum Gasteiger partial charge on any atom is 0.138 e. The Morgan fingerprint density at radius 2 is 2.00 bits per heavy atom. The molecule has 2 unspecified atom stereocenters. The zero-order valence-electron chi connectivity index (χ0n) is 9.77. The highest BCUT2D eigenvalue weighted by atomic mass is 79.9. The van der Waals surface area contributed by atoms with Crippen molar-refractivity contribution in [2.75, 3.05) is 13.1 Å². The molecule has 2 aromatic carbocycles. The molecule has 2 aromatic rings. The van der Waals surface area contributed by atoms with Crippen LogP contribution in [0.3, 0.4) is 0 Å². The predicted octanol–water partition coefficient (Wildman–Crippen LogP) is 2.31. The van der Waals surface area contributed by atoms with E-state index in [0.717, 1.165) is 15.6 Å². The van der Waals surface area contributed by atoms with E-state index in [0.29, 0.717) is 13.1 Å². The van der Waals surface area contributed by atoms with Crippen molar-refractivity contribution in [3.8, 4) is 5.75 Å². The van der Waals surface area contributed by atoms with Crippen LogP contribution in [-0.2, 0) is 0 Å². The fourth-order valence-corrected chi connectivity index (χ4v) is 2.82. The Morgan fingerprint density at radius 1 is 1.17 bits per heavy atom. The zero-order valence-corrected chi connectivity index (χ0v) is 11.4. The molecule has 1 aliphatic heterocycles. The van der Waals surface area contributed by atoms with E-state index in [1.165, 1.54) is 5.39 Å². The summed E-state index contributed by atoms with van der Waals surface area (Å²) in [6.45, 7) is 1.27. The maximum absolute atomic E-state index is 9.75. The Hall–Kier alpha value is -1.10. The number of halogens is 1. The quantitative estimate of drug-likeness (QED) is 0.894. The summed E-state index contributed by atoms with van der Waals surface area (Å²) in [5.41, 5.74) is 0. The number of nitrogens with one attached hydrogen (secondary N) is 1. The number of ether oxygens (including phenoxy) is 1. The van der Waals surface area contributed by atoms with Crippen LogP contribution >= 0.6 is 15.9 Å². The van der Waals surface area contributed by atoms with Gasteiger partial charge in [0, 0.05) is 13.1 Å². The van der Waals surface area contributed by atoms with Crippen molar-refractivity contribution >= 4 is 26.7 Å². The van der Waals surface area contributed by atoms with Gasteiger partial charge in [-0.15, -0.1) is 0 Å². The van der Waals surface area contributed by atoms with Crippen LogP contribution in [0.1, 0.15) is 0 Å². The van der Waals surface area contributed by atoms with Crippen LogP contribution in [0.5, 0.6) is 5.75 Å². The molecule has 0 saturated carbocycles. The van der Waals surface area contributed by atoms with Crippen LogP contribution in [0.2, 0.25) is 0 Å². The maximum atomic E-state index is 9.75. The lowest BCUT2D eigenvalue weighted by atomic mass is 10.1. The van der Waals surface area contributed by atoms with Gasteiger partial charge in [0.05, 0.1) is 4.47 Å². The summed E-state index contributed by atoms with van der Waals surface area (Å²) in [5.74, 6) is 0.779. The van der Waals surface area contributed by atoms with Gasteiger partial charge in [-0.2, -0.15) is 0 Å². The minimum absolute atomic E-state index is 0.178. The van der Waals surface area contributed by atoms with Crippen molar-refractivity contribution in [3.63, 3.8) is 0 Å². The fourth-order valence-electron chi connectivity index (χ4n) is 2.23. The molecule has 2 atom stereocenters. The Morgan fingerprint density at radius 3 is 2.78 bits per heavy atom. The van der Waals surface area contributed by atoms with Gasteiger partial charge < -0.3 is 15.2 Å². The Balaban J connectivity index is 1.95. The first-order valence-corrected chi connectivity index (χ1v) is 6.77. The third-order valence-corrected chi connectivity index (χ3v) is 4.05. The van der Waals surface area contributed by atoms with Crippen molar-refractivity contribution in [1.29, 1.82) is 0 Å². The molecule has 94 valence electrons. The molecular formula is C14H14BrNO2. The molecule has 0 radical (unpaired) electrons. The van der Waals surface area contributed by atoms with Gasteiger partial charge in [0.25, 0.3) is 0 Å². The highest BCUT2D eigenvalue weighted by Gasteiger charge is 2.27. The molecule has 1 fully saturated rings. The van der Waals surface area contributed by atoms with Crippen molar-refractivity contribution in [2.24, 2.45) is 0 Å². The summed E-state index contributed by atoms with van der Waals surface area (Å²) in [7, 11) is 0. The molecule has 0 amide bonds. The van der Waals surface area contributed by atoms with Gasteiger partial charge in [0.2, 0.25) is 0 Å². The Labute approximate surface area is 114 Å². The summed E-state index contributed by atoms with van der Waals surface area (Å²) in [6, 6.07) is 12.1. The number of aliphatic hydroxyl groups excluding tert-OH is 1. The monoisotopic (exact) mass is 307 g/mol. The largest absolute Gasteiger partial charge is 0.485 e. The molecule has 4 heteroatoms. The molecule has 1 saturated heterocycles.